The van der Waals surface area contributed by atoms with Gasteiger partial charge in [-0.15, -0.1) is 0 Å². The molecule has 10 atom stereocenters. The Kier molecular flexibility index (Phi) is 10.4. The summed E-state index contributed by atoms with van der Waals surface area (Å²) >= 11 is 12.4. The van der Waals surface area contributed by atoms with Crippen LogP contribution in [0, 0.1) is 62.1 Å². The van der Waals surface area contributed by atoms with Gasteiger partial charge in [0.05, 0.1) is 21.9 Å². The Bertz CT molecular complexity index is 1620. The Morgan fingerprint density at radius 3 is 2.27 bits per heavy atom. The largest absolute Gasteiger partial charge is 0.481 e. The number of benzene rings is 1. The van der Waals surface area contributed by atoms with E-state index in [1.54, 1.807) is 19.9 Å². The van der Waals surface area contributed by atoms with Gasteiger partial charge in [-0.2, -0.15) is 0 Å². The van der Waals surface area contributed by atoms with Gasteiger partial charge in [0.25, 0.3) is 0 Å². The second-order valence-corrected chi connectivity index (χ2v) is 20.8. The van der Waals surface area contributed by atoms with Gasteiger partial charge in [0.2, 0.25) is 5.91 Å². The van der Waals surface area contributed by atoms with Gasteiger partial charge in [0.15, 0.2) is 0 Å². The average Bonchev–Trinajstić information content (AvgIpc) is 3.42. The number of nitrogens with one attached hydrogen (secondary N) is 1. The Morgan fingerprint density at radius 1 is 0.904 bits per heavy atom. The lowest BCUT2D eigenvalue weighted by molar-refractivity contribution is -0.250. The number of allylic oxidation sites excluding steroid dienone is 1. The van der Waals surface area contributed by atoms with Gasteiger partial charge in [-0.3, -0.25) is 14.4 Å². The van der Waals surface area contributed by atoms with Crippen molar-refractivity contribution in [2.45, 2.75) is 145 Å². The quantitative estimate of drug-likeness (QED) is 0.193. The molecule has 5 aliphatic rings. The number of fused-ring (bicyclic) bond motifs is 7. The molecule has 5 saturated carbocycles. The van der Waals surface area contributed by atoms with Crippen LogP contribution in [0.3, 0.4) is 0 Å². The third kappa shape index (κ3) is 6.36. The Hall–Kier alpha value is -2.05. The van der Waals surface area contributed by atoms with E-state index in [9.17, 15) is 19.5 Å². The first kappa shape index (κ1) is 39.6. The molecular weight excluding hydrogens is 693 g/mol. The normalized spacial score (nSPS) is 39.3. The lowest BCUT2D eigenvalue weighted by atomic mass is 9.32. The molecule has 0 unspecified atom stereocenters. The van der Waals surface area contributed by atoms with E-state index in [0.29, 0.717) is 52.6 Å². The van der Waals surface area contributed by atoms with Crippen molar-refractivity contribution in [1.82, 2.24) is 5.32 Å². The van der Waals surface area contributed by atoms with Crippen molar-refractivity contribution in [3.05, 3.63) is 46.0 Å². The molecule has 2 N–H and O–H groups in total. The van der Waals surface area contributed by atoms with Crippen LogP contribution in [0.5, 0.6) is 0 Å². The molecule has 1 aromatic rings. The van der Waals surface area contributed by atoms with Crippen molar-refractivity contribution >= 4 is 41.0 Å². The molecular formula is C44H63Cl2NO5. The number of rotatable bonds is 9. The molecule has 0 aromatic heterocycles. The summed E-state index contributed by atoms with van der Waals surface area (Å²) in [5.41, 5.74) is 1.29. The van der Waals surface area contributed by atoms with E-state index in [2.05, 4.69) is 53.4 Å². The molecule has 8 heteroatoms. The highest BCUT2D eigenvalue weighted by Gasteiger charge is 2.71. The summed E-state index contributed by atoms with van der Waals surface area (Å²) in [7, 11) is 0. The van der Waals surface area contributed by atoms with E-state index >= 15 is 0 Å². The number of ether oxygens (including phenoxy) is 1. The van der Waals surface area contributed by atoms with Gasteiger partial charge < -0.3 is 15.2 Å². The fourth-order valence-corrected chi connectivity index (χ4v) is 14.0. The number of halogens is 2. The predicted octanol–water partition coefficient (Wildman–Crippen LogP) is 11.1. The minimum atomic E-state index is -1.15. The minimum absolute atomic E-state index is 0.0149. The molecule has 0 bridgehead atoms. The molecule has 6 rings (SSSR count). The van der Waals surface area contributed by atoms with Crippen LogP contribution in [0.2, 0.25) is 10.0 Å². The molecule has 0 heterocycles. The van der Waals surface area contributed by atoms with Crippen molar-refractivity contribution < 1.29 is 24.2 Å². The van der Waals surface area contributed by atoms with Crippen molar-refractivity contribution in [3.8, 4) is 0 Å². The van der Waals surface area contributed by atoms with E-state index in [0.717, 1.165) is 56.9 Å². The second kappa shape index (κ2) is 13.6. The molecule has 1 aromatic carbocycles. The van der Waals surface area contributed by atoms with Crippen molar-refractivity contribution in [2.75, 3.05) is 0 Å². The summed E-state index contributed by atoms with van der Waals surface area (Å²) in [4.78, 5) is 38.6. The summed E-state index contributed by atoms with van der Waals surface area (Å²) in [6.45, 7) is 22.8. The topological polar surface area (TPSA) is 92.7 Å². The van der Waals surface area contributed by atoms with E-state index in [1.165, 1.54) is 18.4 Å². The maximum absolute atomic E-state index is 13.8. The van der Waals surface area contributed by atoms with Crippen LogP contribution in [0.15, 0.2) is 30.4 Å². The first-order valence-electron chi connectivity index (χ1n) is 19.9. The number of esters is 1. The van der Waals surface area contributed by atoms with Crippen LogP contribution in [-0.4, -0.2) is 29.1 Å². The molecule has 52 heavy (non-hydrogen) atoms. The minimum Gasteiger partial charge on any atom is -0.481 e. The SMILES string of the molecule is C=C(C)[C@@H]1CC[C@]2(CC(=O)NCc3ccc(Cl)c(Cl)c3)CC[C@]3(C)[C@H](CC[C@@H]4[C@@]5(C)CC[C@H](OC(=O)CC(C)(C)C(=O)O)C(C)(C)[C@@H]5CC[C@]43C)[C@@H]12. The number of aliphatic carboxylic acids is 1. The zero-order valence-electron chi connectivity index (χ0n) is 32.9. The molecule has 6 nitrogen and oxygen atoms in total. The van der Waals surface area contributed by atoms with Gasteiger partial charge in [-0.25, -0.2) is 0 Å². The molecule has 0 aliphatic heterocycles. The average molecular weight is 757 g/mol. The Morgan fingerprint density at radius 2 is 1.62 bits per heavy atom. The van der Waals surface area contributed by atoms with Crippen LogP contribution in [-0.2, 0) is 25.7 Å². The second-order valence-electron chi connectivity index (χ2n) is 20.0. The van der Waals surface area contributed by atoms with E-state index in [1.807, 2.05) is 12.1 Å². The summed E-state index contributed by atoms with van der Waals surface area (Å²) in [6, 6.07) is 5.54. The van der Waals surface area contributed by atoms with Gasteiger partial charge in [0.1, 0.15) is 6.10 Å². The predicted molar refractivity (Wildman–Crippen MR) is 208 cm³/mol. The van der Waals surface area contributed by atoms with E-state index in [4.69, 9.17) is 27.9 Å². The molecule has 5 fully saturated rings. The molecule has 0 radical (unpaired) electrons. The van der Waals surface area contributed by atoms with Crippen LogP contribution >= 0.6 is 23.2 Å². The lowest BCUT2D eigenvalue weighted by Crippen LogP contribution is -2.67. The summed E-state index contributed by atoms with van der Waals surface area (Å²) < 4.78 is 6.18. The maximum atomic E-state index is 13.8. The van der Waals surface area contributed by atoms with Crippen LogP contribution in [0.1, 0.15) is 138 Å². The highest BCUT2D eigenvalue weighted by molar-refractivity contribution is 6.42. The smallest absolute Gasteiger partial charge is 0.309 e. The number of amides is 1. The summed E-state index contributed by atoms with van der Waals surface area (Å²) in [5.74, 6) is 1.14. The Balaban J connectivity index is 1.22. The fraction of sp³-hybridized carbons (Fsp3) is 0.750. The van der Waals surface area contributed by atoms with Crippen molar-refractivity contribution in [1.29, 1.82) is 0 Å². The van der Waals surface area contributed by atoms with Gasteiger partial charge in [-0.05, 0) is 154 Å². The summed E-state index contributed by atoms with van der Waals surface area (Å²) in [5, 5.41) is 13.9. The van der Waals surface area contributed by atoms with Gasteiger partial charge >= 0.3 is 11.9 Å². The van der Waals surface area contributed by atoms with Gasteiger partial charge in [-0.1, -0.05) is 76.0 Å². The summed E-state index contributed by atoms with van der Waals surface area (Å²) in [6.07, 6.45) is 11.1. The fourth-order valence-electron chi connectivity index (χ4n) is 13.6. The maximum Gasteiger partial charge on any atom is 0.309 e. The van der Waals surface area contributed by atoms with Crippen molar-refractivity contribution in [3.63, 3.8) is 0 Å². The third-order valence-corrected chi connectivity index (χ3v) is 17.3. The molecule has 288 valence electrons. The van der Waals surface area contributed by atoms with Gasteiger partial charge in [0, 0.05) is 18.4 Å². The zero-order chi connectivity index (χ0) is 38.2. The number of hydrogen-bond donors (Lipinski definition) is 2. The van der Waals surface area contributed by atoms with Crippen molar-refractivity contribution in [2.24, 2.45) is 62.1 Å². The number of carbonyl (C=O) groups is 3. The molecule has 0 saturated heterocycles. The molecule has 0 spiro atoms. The standard InChI is InChI=1S/C44H63Cl2NO5/c1-26(2)28-14-19-44(23-35(48)47-25-27-10-12-30(45)31(46)22-27)21-20-42(8)29(37(28)44)11-13-33-41(7)17-16-34(52-36(49)24-39(3,4)38(50)51)40(5,6)32(41)15-18-43(33,42)9/h10,12,22,28-29,32-34,37H,1,11,13-21,23-25H2,2-9H3,(H,47,48)(H,50,51)/t28-,29+,32-,33+,34-,37+,41-,42+,43+,44+/m0/s1. The highest BCUT2D eigenvalue weighted by Crippen LogP contribution is 2.78. The first-order valence-corrected chi connectivity index (χ1v) is 20.7. The highest BCUT2D eigenvalue weighted by atomic mass is 35.5. The number of carbonyl (C=O) groups excluding carboxylic acids is 2. The number of carboxylic acids is 1. The Labute approximate surface area is 322 Å². The molecule has 5 aliphatic carbocycles. The van der Waals surface area contributed by atoms with E-state index < -0.39 is 17.4 Å². The zero-order valence-corrected chi connectivity index (χ0v) is 34.4. The van der Waals surface area contributed by atoms with Crippen LogP contribution in [0.4, 0.5) is 0 Å². The monoisotopic (exact) mass is 755 g/mol. The molecule has 1 amide bonds. The van der Waals surface area contributed by atoms with E-state index in [-0.39, 0.29) is 45.5 Å². The lowest BCUT2D eigenvalue weighted by Gasteiger charge is -2.73. The third-order valence-electron chi connectivity index (χ3n) is 16.6. The first-order chi connectivity index (χ1) is 24.1. The van der Waals surface area contributed by atoms with Crippen LogP contribution in [0.25, 0.3) is 0 Å². The number of carboxylic acid groups (broad SMARTS) is 1. The van der Waals surface area contributed by atoms with Crippen LogP contribution < -0.4 is 5.32 Å². The number of hydrogen-bond acceptors (Lipinski definition) is 4.